The summed E-state index contributed by atoms with van der Waals surface area (Å²) in [6.07, 6.45) is 0. The zero-order valence-electron chi connectivity index (χ0n) is 12.5. The molecule has 0 atom stereocenters. The maximum Gasteiger partial charge on any atom is 0.749 e. The van der Waals surface area contributed by atoms with E-state index in [0.29, 0.717) is 31.3 Å². The van der Waals surface area contributed by atoms with E-state index < -0.39 is 15.1 Å². The van der Waals surface area contributed by atoms with Crippen LogP contribution in [0.5, 0.6) is 5.75 Å². The highest BCUT2D eigenvalue weighted by molar-refractivity contribution is 6.54. The SMILES string of the molecule is CCO[Si](OCC)(OCC)Oc1ccccc1NC(N)=O. The smallest absolute Gasteiger partial charge is 0.478 e. The fraction of sp³-hybridized carbons (Fsp3) is 0.462. The average molecular weight is 314 g/mol. The summed E-state index contributed by atoms with van der Waals surface area (Å²) in [6, 6.07) is 6.20. The lowest BCUT2D eigenvalue weighted by Crippen LogP contribution is -2.52. The van der Waals surface area contributed by atoms with Crippen LogP contribution >= 0.6 is 0 Å². The molecular weight excluding hydrogens is 292 g/mol. The van der Waals surface area contributed by atoms with Crippen LogP contribution in [0.2, 0.25) is 0 Å². The highest BCUT2D eigenvalue weighted by Gasteiger charge is 2.48. The average Bonchev–Trinajstić information content (AvgIpc) is 2.41. The molecule has 0 saturated carbocycles. The number of hydrogen-bond donors (Lipinski definition) is 2. The van der Waals surface area contributed by atoms with Gasteiger partial charge in [-0.15, -0.1) is 0 Å². The molecule has 3 N–H and O–H groups in total. The third kappa shape index (κ3) is 5.35. The van der Waals surface area contributed by atoms with Crippen molar-refractivity contribution in [2.24, 2.45) is 5.73 Å². The Kier molecular flexibility index (Phi) is 7.16. The van der Waals surface area contributed by atoms with Crippen molar-refractivity contribution in [3.8, 4) is 5.75 Å². The van der Waals surface area contributed by atoms with Gasteiger partial charge < -0.3 is 28.8 Å². The van der Waals surface area contributed by atoms with Crippen molar-refractivity contribution in [3.63, 3.8) is 0 Å². The zero-order valence-corrected chi connectivity index (χ0v) is 13.5. The minimum absolute atomic E-state index is 0.387. The van der Waals surface area contributed by atoms with Crippen LogP contribution in [0.1, 0.15) is 20.8 Å². The van der Waals surface area contributed by atoms with Gasteiger partial charge in [-0.25, -0.2) is 4.79 Å². The molecule has 1 aromatic carbocycles. The first-order valence-corrected chi connectivity index (χ1v) is 8.46. The first kappa shape index (κ1) is 17.4. The summed E-state index contributed by atoms with van der Waals surface area (Å²) in [5.74, 6) is 0.387. The molecule has 1 rings (SSSR count). The molecule has 2 amide bonds. The van der Waals surface area contributed by atoms with Gasteiger partial charge in [0.25, 0.3) is 0 Å². The van der Waals surface area contributed by atoms with Gasteiger partial charge in [-0.3, -0.25) is 0 Å². The van der Waals surface area contributed by atoms with E-state index in [1.807, 2.05) is 20.8 Å². The quantitative estimate of drug-likeness (QED) is 0.681. The Morgan fingerprint density at radius 1 is 1.10 bits per heavy atom. The highest BCUT2D eigenvalue weighted by Crippen LogP contribution is 2.27. The van der Waals surface area contributed by atoms with E-state index in [1.54, 1.807) is 24.3 Å². The van der Waals surface area contributed by atoms with Crippen LogP contribution in [0.3, 0.4) is 0 Å². The van der Waals surface area contributed by atoms with E-state index in [0.717, 1.165) is 0 Å². The standard InChI is InChI=1S/C13H22N2O5Si/c1-4-17-21(18-5-2,19-6-3)20-12-10-8-7-9-11(12)15-13(14)16/h7-10H,4-6H2,1-3H3,(H3,14,15,16). The Morgan fingerprint density at radius 2 is 1.62 bits per heavy atom. The molecule has 118 valence electrons. The van der Waals surface area contributed by atoms with Crippen LogP contribution in [-0.2, 0) is 13.3 Å². The van der Waals surface area contributed by atoms with Gasteiger partial charge in [0, 0.05) is 19.8 Å². The summed E-state index contributed by atoms with van der Waals surface area (Å²) in [5.41, 5.74) is 5.58. The highest BCUT2D eigenvalue weighted by atomic mass is 28.4. The van der Waals surface area contributed by atoms with E-state index in [-0.39, 0.29) is 0 Å². The lowest BCUT2D eigenvalue weighted by Gasteiger charge is -2.27. The molecular formula is C13H22N2O5Si. The largest absolute Gasteiger partial charge is 0.749 e. The number of primary amides is 1. The topological polar surface area (TPSA) is 92.0 Å². The number of carbonyl (C=O) groups excluding carboxylic acids is 1. The minimum Gasteiger partial charge on any atom is -0.478 e. The molecule has 21 heavy (non-hydrogen) atoms. The molecule has 1 aromatic rings. The predicted molar refractivity (Wildman–Crippen MR) is 80.9 cm³/mol. The van der Waals surface area contributed by atoms with Crippen molar-refractivity contribution in [2.45, 2.75) is 20.8 Å². The van der Waals surface area contributed by atoms with Crippen molar-refractivity contribution in [2.75, 3.05) is 25.1 Å². The Bertz CT molecular complexity index is 441. The monoisotopic (exact) mass is 314 g/mol. The summed E-state index contributed by atoms with van der Waals surface area (Å²) in [6.45, 7) is 6.65. The van der Waals surface area contributed by atoms with Gasteiger partial charge in [-0.1, -0.05) is 12.1 Å². The first-order chi connectivity index (χ1) is 10.1. The van der Waals surface area contributed by atoms with Crippen molar-refractivity contribution in [3.05, 3.63) is 24.3 Å². The fourth-order valence-electron chi connectivity index (χ4n) is 1.67. The molecule has 8 heteroatoms. The molecule has 0 aliphatic heterocycles. The van der Waals surface area contributed by atoms with Gasteiger partial charge in [-0.2, -0.15) is 0 Å². The number of nitrogens with two attached hydrogens (primary N) is 1. The maximum atomic E-state index is 11.0. The second-order valence-corrected chi connectivity index (χ2v) is 5.96. The maximum absolute atomic E-state index is 11.0. The Labute approximate surface area is 125 Å². The van der Waals surface area contributed by atoms with E-state index in [1.165, 1.54) is 0 Å². The van der Waals surface area contributed by atoms with E-state index >= 15 is 0 Å². The second-order valence-electron chi connectivity index (χ2n) is 3.89. The van der Waals surface area contributed by atoms with Crippen LogP contribution in [0.15, 0.2) is 24.3 Å². The summed E-state index contributed by atoms with van der Waals surface area (Å²) in [5, 5.41) is 2.49. The fourth-order valence-corrected chi connectivity index (χ4v) is 3.60. The molecule has 0 heterocycles. The molecule has 0 aliphatic rings. The van der Waals surface area contributed by atoms with Gasteiger partial charge in [0.2, 0.25) is 0 Å². The molecule has 0 spiro atoms. The van der Waals surface area contributed by atoms with Crippen LogP contribution in [0.4, 0.5) is 10.5 Å². The molecule has 0 fully saturated rings. The van der Waals surface area contributed by atoms with Crippen LogP contribution in [0.25, 0.3) is 0 Å². The third-order valence-corrected chi connectivity index (χ3v) is 4.74. The normalized spacial score (nSPS) is 11.2. The van der Waals surface area contributed by atoms with Gasteiger partial charge in [-0.05, 0) is 32.9 Å². The van der Waals surface area contributed by atoms with Gasteiger partial charge in [0.05, 0.1) is 5.69 Å². The predicted octanol–water partition coefficient (Wildman–Crippen LogP) is 2.10. The number of benzene rings is 1. The molecule has 0 unspecified atom stereocenters. The summed E-state index contributed by atoms with van der Waals surface area (Å²) >= 11 is 0. The van der Waals surface area contributed by atoms with Crippen LogP contribution in [0, 0.1) is 0 Å². The summed E-state index contributed by atoms with van der Waals surface area (Å²) < 4.78 is 22.7. The minimum atomic E-state index is -3.31. The van der Waals surface area contributed by atoms with Gasteiger partial charge in [0.15, 0.2) is 0 Å². The lowest BCUT2D eigenvalue weighted by atomic mass is 10.3. The molecule has 0 radical (unpaired) electrons. The summed E-state index contributed by atoms with van der Waals surface area (Å²) in [4.78, 5) is 11.0. The number of hydrogen-bond acceptors (Lipinski definition) is 5. The molecule has 0 aliphatic carbocycles. The number of carbonyl (C=O) groups is 1. The first-order valence-electron chi connectivity index (χ1n) is 6.83. The third-order valence-electron chi connectivity index (χ3n) is 2.34. The number of para-hydroxylation sites is 2. The Morgan fingerprint density at radius 3 is 2.10 bits per heavy atom. The second kappa shape index (κ2) is 8.62. The lowest BCUT2D eigenvalue weighted by molar-refractivity contribution is 0.00988. The van der Waals surface area contributed by atoms with E-state index in [9.17, 15) is 4.79 Å². The molecule has 0 bridgehead atoms. The number of nitrogens with one attached hydrogen (secondary N) is 1. The van der Waals surface area contributed by atoms with Gasteiger partial charge in [0.1, 0.15) is 5.75 Å². The van der Waals surface area contributed by atoms with Crippen molar-refractivity contribution in [1.82, 2.24) is 0 Å². The Balaban J connectivity index is 3.04. The van der Waals surface area contributed by atoms with Crippen molar-refractivity contribution < 1.29 is 22.5 Å². The zero-order chi connectivity index (χ0) is 15.7. The van der Waals surface area contributed by atoms with Crippen molar-refractivity contribution >= 4 is 20.8 Å². The van der Waals surface area contributed by atoms with Crippen molar-refractivity contribution in [1.29, 1.82) is 0 Å². The number of rotatable bonds is 9. The summed E-state index contributed by atoms with van der Waals surface area (Å²) in [7, 11) is -3.31. The molecule has 0 aromatic heterocycles. The number of anilines is 1. The Hall–Kier alpha value is -1.61. The van der Waals surface area contributed by atoms with Crippen LogP contribution < -0.4 is 15.5 Å². The number of amides is 2. The number of urea groups is 1. The molecule has 7 nitrogen and oxygen atoms in total. The van der Waals surface area contributed by atoms with Gasteiger partial charge >= 0.3 is 15.1 Å². The van der Waals surface area contributed by atoms with E-state index in [4.69, 9.17) is 23.4 Å². The van der Waals surface area contributed by atoms with Crippen LogP contribution in [-0.4, -0.2) is 34.9 Å². The van der Waals surface area contributed by atoms with E-state index in [2.05, 4.69) is 5.32 Å². The molecule has 0 saturated heterocycles.